The van der Waals surface area contributed by atoms with Gasteiger partial charge in [-0.3, -0.25) is 14.4 Å². The summed E-state index contributed by atoms with van der Waals surface area (Å²) in [7, 11) is 3.25. The Balaban J connectivity index is 1.63. The van der Waals surface area contributed by atoms with Gasteiger partial charge in [0.05, 0.1) is 23.8 Å². The van der Waals surface area contributed by atoms with Crippen LogP contribution in [0.5, 0.6) is 0 Å². The topological polar surface area (TPSA) is 97.2 Å². The third kappa shape index (κ3) is 5.72. The summed E-state index contributed by atoms with van der Waals surface area (Å²) in [4.78, 5) is 39.2. The Hall–Kier alpha value is -5.02. The lowest BCUT2D eigenvalue weighted by molar-refractivity contribution is -0.117. The number of hydrogen-bond acceptors (Lipinski definition) is 4. The number of fused-ring (bicyclic) bond motifs is 1. The predicted molar refractivity (Wildman–Crippen MR) is 168 cm³/mol. The maximum Gasteiger partial charge on any atom is 0.275 e. The molecule has 5 rings (SSSR count). The van der Waals surface area contributed by atoms with Crippen LogP contribution in [0, 0.1) is 19.7 Å². The summed E-state index contributed by atoms with van der Waals surface area (Å²) in [5, 5.41) is 9.13. The van der Waals surface area contributed by atoms with E-state index in [1.165, 1.54) is 12.1 Å². The zero-order valence-corrected chi connectivity index (χ0v) is 24.8. The number of aromatic nitrogens is 2. The normalized spacial score (nSPS) is 11.9. The van der Waals surface area contributed by atoms with Gasteiger partial charge in [0.1, 0.15) is 11.5 Å². The molecule has 2 amide bonds. The minimum Gasteiger partial charge on any atom is -0.355 e. The van der Waals surface area contributed by atoms with Crippen molar-refractivity contribution >= 4 is 28.4 Å². The molecule has 3 N–H and O–H groups in total. The van der Waals surface area contributed by atoms with Crippen molar-refractivity contribution in [1.29, 1.82) is 0 Å². The van der Waals surface area contributed by atoms with E-state index < -0.39 is 6.04 Å². The maximum absolute atomic E-state index is 14.0. The summed E-state index contributed by atoms with van der Waals surface area (Å²) in [6, 6.07) is 20.8. The largest absolute Gasteiger partial charge is 0.355 e. The number of benzene rings is 3. The summed E-state index contributed by atoms with van der Waals surface area (Å²) in [6.07, 6.45) is 1.97. The molecular formula is C34H34FN5O3. The molecule has 0 aliphatic carbocycles. The number of carbonyl (C=O) groups is 2. The summed E-state index contributed by atoms with van der Waals surface area (Å²) < 4.78 is 17.6. The zero-order chi connectivity index (χ0) is 30.8. The van der Waals surface area contributed by atoms with Crippen LogP contribution in [-0.2, 0) is 11.3 Å². The smallest absolute Gasteiger partial charge is 0.275 e. The Morgan fingerprint density at radius 2 is 1.72 bits per heavy atom. The van der Waals surface area contributed by atoms with Crippen molar-refractivity contribution in [2.24, 2.45) is 0 Å². The van der Waals surface area contributed by atoms with Gasteiger partial charge in [0.2, 0.25) is 5.91 Å². The van der Waals surface area contributed by atoms with Crippen molar-refractivity contribution in [3.8, 4) is 16.9 Å². The third-order valence-electron chi connectivity index (χ3n) is 7.83. The molecule has 1 unspecified atom stereocenters. The van der Waals surface area contributed by atoms with Gasteiger partial charge < -0.3 is 25.1 Å². The molecule has 8 nitrogen and oxygen atoms in total. The number of carbonyl (C=O) groups excluding carboxylic acids is 2. The van der Waals surface area contributed by atoms with E-state index in [-0.39, 0.29) is 35.4 Å². The molecule has 2 heterocycles. The fraction of sp³-hybridized carbons (Fsp3) is 0.206. The van der Waals surface area contributed by atoms with Gasteiger partial charge in [-0.25, -0.2) is 4.39 Å². The molecule has 0 saturated carbocycles. The Labute approximate surface area is 249 Å². The molecule has 1 atom stereocenters. The van der Waals surface area contributed by atoms with Crippen LogP contribution in [0.3, 0.4) is 0 Å². The monoisotopic (exact) mass is 579 g/mol. The molecule has 0 radical (unpaired) electrons. The number of hydrogen-bond donors (Lipinski definition) is 3. The highest BCUT2D eigenvalue weighted by atomic mass is 19.1. The molecule has 0 saturated heterocycles. The lowest BCUT2D eigenvalue weighted by atomic mass is 9.98. The maximum atomic E-state index is 14.0. The van der Waals surface area contributed by atoms with E-state index in [2.05, 4.69) is 16.0 Å². The van der Waals surface area contributed by atoms with Gasteiger partial charge >= 0.3 is 0 Å². The minimum absolute atomic E-state index is 0.154. The first-order valence-electron chi connectivity index (χ1n) is 14.0. The van der Waals surface area contributed by atoms with Crippen molar-refractivity contribution in [2.75, 3.05) is 19.4 Å². The van der Waals surface area contributed by atoms with Gasteiger partial charge in [-0.05, 0) is 93.0 Å². The highest BCUT2D eigenvalue weighted by molar-refractivity contribution is 5.97. The molecule has 0 spiro atoms. The summed E-state index contributed by atoms with van der Waals surface area (Å²) >= 11 is 0. The highest BCUT2D eigenvalue weighted by Gasteiger charge is 2.19. The van der Waals surface area contributed by atoms with Gasteiger partial charge in [-0.15, -0.1) is 0 Å². The number of aryl methyl sites for hydroxylation is 1. The Kier molecular flexibility index (Phi) is 8.27. The van der Waals surface area contributed by atoms with Crippen molar-refractivity contribution in [3.05, 3.63) is 117 Å². The van der Waals surface area contributed by atoms with Crippen LogP contribution in [0.2, 0.25) is 0 Å². The van der Waals surface area contributed by atoms with Crippen LogP contribution in [-0.4, -0.2) is 41.1 Å². The van der Waals surface area contributed by atoms with Crippen LogP contribution in [0.4, 0.5) is 10.1 Å². The number of nitrogens with one attached hydrogen (secondary N) is 3. The molecule has 0 aliphatic heterocycles. The average molecular weight is 580 g/mol. The quantitative estimate of drug-likeness (QED) is 0.236. The fourth-order valence-corrected chi connectivity index (χ4v) is 5.30. The second kappa shape index (κ2) is 12.1. The molecule has 0 bridgehead atoms. The van der Waals surface area contributed by atoms with Crippen molar-refractivity contribution in [1.82, 2.24) is 19.8 Å². The molecule has 0 aliphatic rings. The number of pyridine rings is 1. The number of likely N-dealkylation sites (N-methyl/N-ethyl adjacent to an activating group) is 1. The van der Waals surface area contributed by atoms with E-state index in [1.54, 1.807) is 55.9 Å². The van der Waals surface area contributed by atoms with E-state index >= 15 is 0 Å². The Morgan fingerprint density at radius 1 is 0.953 bits per heavy atom. The fourth-order valence-electron chi connectivity index (χ4n) is 5.30. The van der Waals surface area contributed by atoms with Crippen LogP contribution < -0.4 is 21.5 Å². The Bertz CT molecular complexity index is 1920. The van der Waals surface area contributed by atoms with Gasteiger partial charge in [0.25, 0.3) is 11.5 Å². The molecule has 5 aromatic rings. The number of nitrogens with zero attached hydrogens (tertiary/aromatic N) is 2. The van der Waals surface area contributed by atoms with Gasteiger partial charge in [-0.1, -0.05) is 24.3 Å². The van der Waals surface area contributed by atoms with Crippen LogP contribution in [0.15, 0.2) is 83.8 Å². The zero-order valence-electron chi connectivity index (χ0n) is 24.8. The van der Waals surface area contributed by atoms with Gasteiger partial charge in [0.15, 0.2) is 0 Å². The molecule has 43 heavy (non-hydrogen) atoms. The lowest BCUT2D eigenvalue weighted by Gasteiger charge is -2.19. The SMILES string of the molecule is CNC(=O)c1cccc(-c2ccc(NC(=O)C(C)NC)c(=O)n2Cc2cccc(-n3cc(C)c4cc(F)ccc43)c2)c1C. The van der Waals surface area contributed by atoms with Crippen LogP contribution >= 0.6 is 0 Å². The highest BCUT2D eigenvalue weighted by Crippen LogP contribution is 2.28. The minimum atomic E-state index is -0.496. The number of rotatable bonds is 8. The van der Waals surface area contributed by atoms with E-state index in [1.807, 2.05) is 54.9 Å². The molecule has 2 aromatic heterocycles. The van der Waals surface area contributed by atoms with E-state index in [0.29, 0.717) is 11.3 Å². The van der Waals surface area contributed by atoms with Gasteiger partial charge in [-0.2, -0.15) is 0 Å². The van der Waals surface area contributed by atoms with Crippen molar-refractivity contribution in [2.45, 2.75) is 33.4 Å². The predicted octanol–water partition coefficient (Wildman–Crippen LogP) is 5.17. The molecular weight excluding hydrogens is 545 g/mol. The molecule has 220 valence electrons. The van der Waals surface area contributed by atoms with Crippen molar-refractivity contribution in [3.63, 3.8) is 0 Å². The molecule has 9 heteroatoms. The summed E-state index contributed by atoms with van der Waals surface area (Å²) in [6.45, 7) is 5.70. The van der Waals surface area contributed by atoms with Crippen molar-refractivity contribution < 1.29 is 14.0 Å². The summed E-state index contributed by atoms with van der Waals surface area (Å²) in [5.74, 6) is -0.842. The average Bonchev–Trinajstić information content (AvgIpc) is 3.34. The first kappa shape index (κ1) is 29.5. The molecule has 3 aromatic carbocycles. The van der Waals surface area contributed by atoms with E-state index in [4.69, 9.17) is 0 Å². The number of amides is 2. The van der Waals surface area contributed by atoms with Gasteiger partial charge in [0, 0.05) is 35.4 Å². The summed E-state index contributed by atoms with van der Waals surface area (Å²) in [5.41, 5.74) is 5.88. The third-order valence-corrected chi connectivity index (χ3v) is 7.83. The number of anilines is 1. The standard InChI is InChI=1S/C34H34FN5O3/c1-20-18-39(31-14-12-24(35)17-28(20)31)25-9-6-8-23(16-25)19-40-30(26-10-7-11-27(21(26)2)33(42)37-5)15-13-29(34(40)43)38-32(41)22(3)36-4/h6-18,22,36H,19H2,1-5H3,(H,37,42)(H,38,41). The first-order valence-corrected chi connectivity index (χ1v) is 14.0. The van der Waals surface area contributed by atoms with E-state index in [0.717, 1.165) is 38.8 Å². The second-order valence-corrected chi connectivity index (χ2v) is 10.6. The first-order chi connectivity index (χ1) is 20.6. The lowest BCUT2D eigenvalue weighted by Crippen LogP contribution is -2.37. The number of halogens is 1. The van der Waals surface area contributed by atoms with Crippen LogP contribution in [0.1, 0.15) is 34.0 Å². The Morgan fingerprint density at radius 3 is 2.47 bits per heavy atom. The van der Waals surface area contributed by atoms with Crippen LogP contribution in [0.25, 0.3) is 27.8 Å². The molecule has 0 fully saturated rings. The second-order valence-electron chi connectivity index (χ2n) is 10.6. The van der Waals surface area contributed by atoms with E-state index in [9.17, 15) is 18.8 Å².